The van der Waals surface area contributed by atoms with Gasteiger partial charge in [0.25, 0.3) is 0 Å². The molecule has 3 nitrogen and oxygen atoms in total. The zero-order valence-corrected chi connectivity index (χ0v) is 12.9. The van der Waals surface area contributed by atoms with E-state index in [1.54, 1.807) is 0 Å². The first kappa shape index (κ1) is 16.4. The van der Waals surface area contributed by atoms with E-state index in [9.17, 15) is 5.11 Å². The maximum Gasteiger partial charge on any atom is 0.0898 e. The fraction of sp³-hybridized carbons (Fsp3) is 0.600. The number of rotatable bonds is 6. The standard InChI is InChI=1S/C15H24ClNO2/c1-11(12-5-7-13(16)8-6-12)17-9-14(18)10-19-15(2,3)4/h5-8,11,14,17-18H,9-10H2,1-4H3/t11-,14?/m0/s1. The lowest BCUT2D eigenvalue weighted by Crippen LogP contribution is -2.34. The molecule has 2 N–H and O–H groups in total. The lowest BCUT2D eigenvalue weighted by atomic mass is 10.1. The second kappa shape index (κ2) is 7.25. The third kappa shape index (κ3) is 6.92. The molecule has 0 fully saturated rings. The van der Waals surface area contributed by atoms with E-state index >= 15 is 0 Å². The summed E-state index contributed by atoms with van der Waals surface area (Å²) in [7, 11) is 0. The summed E-state index contributed by atoms with van der Waals surface area (Å²) in [6, 6.07) is 7.87. The molecule has 108 valence electrons. The molecule has 19 heavy (non-hydrogen) atoms. The molecule has 0 amide bonds. The lowest BCUT2D eigenvalue weighted by Gasteiger charge is -2.23. The molecule has 4 heteroatoms. The minimum Gasteiger partial charge on any atom is -0.389 e. The highest BCUT2D eigenvalue weighted by molar-refractivity contribution is 6.30. The summed E-state index contributed by atoms with van der Waals surface area (Å²) >= 11 is 5.85. The number of hydrogen-bond acceptors (Lipinski definition) is 3. The quantitative estimate of drug-likeness (QED) is 0.843. The zero-order chi connectivity index (χ0) is 14.5. The highest BCUT2D eigenvalue weighted by Crippen LogP contribution is 2.16. The van der Waals surface area contributed by atoms with Crippen LogP contribution in [0.15, 0.2) is 24.3 Å². The summed E-state index contributed by atoms with van der Waals surface area (Å²) in [6.07, 6.45) is -0.506. The van der Waals surface area contributed by atoms with Crippen molar-refractivity contribution >= 4 is 11.6 Å². The van der Waals surface area contributed by atoms with Crippen molar-refractivity contribution in [3.8, 4) is 0 Å². The number of halogens is 1. The van der Waals surface area contributed by atoms with Gasteiger partial charge in [-0.3, -0.25) is 0 Å². The summed E-state index contributed by atoms with van der Waals surface area (Å²) < 4.78 is 5.54. The van der Waals surface area contributed by atoms with E-state index in [4.69, 9.17) is 16.3 Å². The Labute approximate surface area is 120 Å². The van der Waals surface area contributed by atoms with Gasteiger partial charge in [-0.25, -0.2) is 0 Å². The molecule has 0 saturated carbocycles. The lowest BCUT2D eigenvalue weighted by molar-refractivity contribution is -0.0482. The Kier molecular flexibility index (Phi) is 6.27. The van der Waals surface area contributed by atoms with Gasteiger partial charge in [-0.05, 0) is 45.4 Å². The number of ether oxygens (including phenoxy) is 1. The highest BCUT2D eigenvalue weighted by Gasteiger charge is 2.14. The van der Waals surface area contributed by atoms with Crippen LogP contribution >= 0.6 is 11.6 Å². The van der Waals surface area contributed by atoms with Gasteiger partial charge in [0.2, 0.25) is 0 Å². The molecule has 0 aromatic heterocycles. The topological polar surface area (TPSA) is 41.5 Å². The van der Waals surface area contributed by atoms with Crippen LogP contribution in [0.25, 0.3) is 0 Å². The third-order valence-electron chi connectivity index (χ3n) is 2.74. The Hall–Kier alpha value is -0.610. The van der Waals surface area contributed by atoms with E-state index in [2.05, 4.69) is 12.2 Å². The van der Waals surface area contributed by atoms with Crippen molar-refractivity contribution in [3.05, 3.63) is 34.9 Å². The Morgan fingerprint density at radius 3 is 2.37 bits per heavy atom. The van der Waals surface area contributed by atoms with Crippen molar-refractivity contribution in [2.75, 3.05) is 13.2 Å². The van der Waals surface area contributed by atoms with Gasteiger partial charge in [0.15, 0.2) is 0 Å². The van der Waals surface area contributed by atoms with Gasteiger partial charge in [0, 0.05) is 17.6 Å². The molecular weight excluding hydrogens is 262 g/mol. The van der Waals surface area contributed by atoms with E-state index in [0.717, 1.165) is 10.6 Å². The molecule has 1 rings (SSSR count). The molecule has 1 aromatic rings. The minimum absolute atomic E-state index is 0.168. The Morgan fingerprint density at radius 1 is 1.26 bits per heavy atom. The van der Waals surface area contributed by atoms with Gasteiger partial charge >= 0.3 is 0 Å². The molecule has 0 saturated heterocycles. The first-order valence-corrected chi connectivity index (χ1v) is 6.96. The summed E-state index contributed by atoms with van der Waals surface area (Å²) in [6.45, 7) is 8.82. The average Bonchev–Trinajstić information content (AvgIpc) is 2.33. The number of benzene rings is 1. The Balaban J connectivity index is 2.33. The number of aliphatic hydroxyl groups excluding tert-OH is 1. The fourth-order valence-electron chi connectivity index (χ4n) is 1.59. The molecule has 0 aliphatic rings. The normalized spacial score (nSPS) is 15.3. The smallest absolute Gasteiger partial charge is 0.0898 e. The molecule has 0 heterocycles. The van der Waals surface area contributed by atoms with Gasteiger partial charge in [-0.1, -0.05) is 23.7 Å². The Bertz CT molecular complexity index is 373. The molecule has 0 spiro atoms. The molecular formula is C15H24ClNO2. The second-order valence-corrected chi connectivity index (χ2v) is 6.20. The maximum atomic E-state index is 9.84. The molecule has 0 aliphatic carbocycles. The molecule has 0 bridgehead atoms. The van der Waals surface area contributed by atoms with Crippen LogP contribution in [-0.2, 0) is 4.74 Å². The van der Waals surface area contributed by atoms with Gasteiger partial charge in [0.05, 0.1) is 18.3 Å². The van der Waals surface area contributed by atoms with Crippen molar-refractivity contribution in [1.29, 1.82) is 0 Å². The first-order chi connectivity index (χ1) is 8.78. The number of nitrogens with one attached hydrogen (secondary N) is 1. The monoisotopic (exact) mass is 285 g/mol. The van der Waals surface area contributed by atoms with E-state index in [1.165, 1.54) is 0 Å². The summed E-state index contributed by atoms with van der Waals surface area (Å²) in [4.78, 5) is 0. The van der Waals surface area contributed by atoms with Crippen LogP contribution in [0.1, 0.15) is 39.3 Å². The number of hydrogen-bond donors (Lipinski definition) is 2. The van der Waals surface area contributed by atoms with Crippen LogP contribution in [0.4, 0.5) is 0 Å². The summed E-state index contributed by atoms with van der Waals surface area (Å²) in [5, 5.41) is 13.9. The molecule has 1 aromatic carbocycles. The summed E-state index contributed by atoms with van der Waals surface area (Å²) in [5.74, 6) is 0. The van der Waals surface area contributed by atoms with Gasteiger partial charge in [-0.15, -0.1) is 0 Å². The van der Waals surface area contributed by atoms with Gasteiger partial charge < -0.3 is 15.2 Å². The van der Waals surface area contributed by atoms with Crippen molar-refractivity contribution < 1.29 is 9.84 Å². The van der Waals surface area contributed by atoms with Crippen LogP contribution in [-0.4, -0.2) is 30.0 Å². The van der Waals surface area contributed by atoms with Crippen LogP contribution in [0.2, 0.25) is 5.02 Å². The molecule has 1 unspecified atom stereocenters. The van der Waals surface area contributed by atoms with Gasteiger partial charge in [-0.2, -0.15) is 0 Å². The zero-order valence-electron chi connectivity index (χ0n) is 12.1. The largest absolute Gasteiger partial charge is 0.389 e. The predicted molar refractivity (Wildman–Crippen MR) is 79.6 cm³/mol. The van der Waals surface area contributed by atoms with Crippen molar-refractivity contribution in [3.63, 3.8) is 0 Å². The third-order valence-corrected chi connectivity index (χ3v) is 2.99. The molecule has 2 atom stereocenters. The van der Waals surface area contributed by atoms with E-state index in [0.29, 0.717) is 13.2 Å². The number of aliphatic hydroxyl groups is 1. The fourth-order valence-corrected chi connectivity index (χ4v) is 1.71. The first-order valence-electron chi connectivity index (χ1n) is 6.59. The van der Waals surface area contributed by atoms with Crippen molar-refractivity contribution in [2.24, 2.45) is 0 Å². The Morgan fingerprint density at radius 2 is 1.84 bits per heavy atom. The van der Waals surface area contributed by atoms with Gasteiger partial charge in [0.1, 0.15) is 0 Å². The molecule has 0 aliphatic heterocycles. The van der Waals surface area contributed by atoms with Crippen LogP contribution in [0.5, 0.6) is 0 Å². The SMILES string of the molecule is C[C@H](NCC(O)COC(C)(C)C)c1ccc(Cl)cc1. The maximum absolute atomic E-state index is 9.84. The van der Waals surface area contributed by atoms with Crippen LogP contribution < -0.4 is 5.32 Å². The summed E-state index contributed by atoms with van der Waals surface area (Å²) in [5.41, 5.74) is 0.927. The van der Waals surface area contributed by atoms with E-state index in [1.807, 2.05) is 45.0 Å². The highest BCUT2D eigenvalue weighted by atomic mass is 35.5. The van der Waals surface area contributed by atoms with E-state index in [-0.39, 0.29) is 11.6 Å². The molecule has 0 radical (unpaired) electrons. The minimum atomic E-state index is -0.506. The van der Waals surface area contributed by atoms with Crippen molar-refractivity contribution in [2.45, 2.75) is 45.4 Å². The van der Waals surface area contributed by atoms with Crippen LogP contribution in [0.3, 0.4) is 0 Å². The second-order valence-electron chi connectivity index (χ2n) is 5.76. The van der Waals surface area contributed by atoms with Crippen LogP contribution in [0, 0.1) is 0 Å². The van der Waals surface area contributed by atoms with E-state index < -0.39 is 6.10 Å². The van der Waals surface area contributed by atoms with Crippen molar-refractivity contribution in [1.82, 2.24) is 5.32 Å². The average molecular weight is 286 g/mol. The predicted octanol–water partition coefficient (Wildman–Crippen LogP) is 3.17.